The van der Waals surface area contributed by atoms with Crippen LogP contribution in [0.4, 0.5) is 0 Å². The van der Waals surface area contributed by atoms with Crippen LogP contribution in [-0.2, 0) is 4.74 Å². The van der Waals surface area contributed by atoms with Gasteiger partial charge in [0, 0.05) is 30.7 Å². The zero-order valence-corrected chi connectivity index (χ0v) is 8.40. The van der Waals surface area contributed by atoms with Gasteiger partial charge in [0.1, 0.15) is 0 Å². The van der Waals surface area contributed by atoms with Crippen molar-refractivity contribution in [1.29, 1.82) is 0 Å². The smallest absolute Gasteiger partial charge is 0.0586 e. The molecule has 12 heavy (non-hydrogen) atoms. The molecule has 2 atom stereocenters. The van der Waals surface area contributed by atoms with Gasteiger partial charge in [-0.15, -0.1) is 0 Å². The highest BCUT2D eigenvalue weighted by Crippen LogP contribution is 2.25. The molecule has 0 radical (unpaired) electrons. The van der Waals surface area contributed by atoms with Crippen molar-refractivity contribution in [3.05, 3.63) is 0 Å². The molecule has 0 spiro atoms. The van der Waals surface area contributed by atoms with E-state index in [1.54, 1.807) is 0 Å². The fraction of sp³-hybridized carbons (Fsp3) is 1.00. The average Bonchev–Trinajstić information content (AvgIpc) is 2.44. The zero-order chi connectivity index (χ0) is 8.39. The maximum atomic E-state index is 5.33. The molecular weight excluding hydrogens is 170 g/mol. The number of nitrogens with one attached hydrogen (secondary N) is 1. The maximum Gasteiger partial charge on any atom is 0.0586 e. The number of hydrogen-bond acceptors (Lipinski definition) is 3. The Balaban J connectivity index is 1.68. The van der Waals surface area contributed by atoms with Crippen LogP contribution >= 0.6 is 11.8 Å². The van der Waals surface area contributed by atoms with Gasteiger partial charge in [0.05, 0.1) is 6.10 Å². The van der Waals surface area contributed by atoms with Crippen LogP contribution in [-0.4, -0.2) is 36.8 Å². The molecule has 0 aromatic carbocycles. The molecule has 2 nitrogen and oxygen atoms in total. The van der Waals surface area contributed by atoms with Crippen LogP contribution in [0.5, 0.6) is 0 Å². The Hall–Kier alpha value is 0.270. The molecule has 3 heteroatoms. The third-order valence-electron chi connectivity index (χ3n) is 2.83. The monoisotopic (exact) mass is 187 g/mol. The Morgan fingerprint density at radius 2 is 2.08 bits per heavy atom. The second-order valence-electron chi connectivity index (χ2n) is 3.77. The minimum atomic E-state index is 0.523. The number of methoxy groups -OCH3 is 1. The minimum Gasteiger partial charge on any atom is -0.381 e. The molecule has 2 fully saturated rings. The van der Waals surface area contributed by atoms with Gasteiger partial charge in [-0.1, -0.05) is 0 Å². The SMILES string of the molecule is COC1CCC(NC2CSC2)C1. The first-order valence-electron chi connectivity index (χ1n) is 4.75. The van der Waals surface area contributed by atoms with Gasteiger partial charge in [-0.25, -0.2) is 0 Å². The Morgan fingerprint density at radius 3 is 2.58 bits per heavy atom. The summed E-state index contributed by atoms with van der Waals surface area (Å²) in [6, 6.07) is 1.54. The molecule has 70 valence electrons. The first kappa shape index (κ1) is 8.85. The summed E-state index contributed by atoms with van der Waals surface area (Å²) < 4.78 is 5.33. The molecule has 1 aliphatic heterocycles. The highest BCUT2D eigenvalue weighted by atomic mass is 32.2. The molecule has 2 unspecified atom stereocenters. The van der Waals surface area contributed by atoms with Gasteiger partial charge < -0.3 is 10.1 Å². The van der Waals surface area contributed by atoms with E-state index >= 15 is 0 Å². The summed E-state index contributed by atoms with van der Waals surface area (Å²) in [6.07, 6.45) is 4.29. The summed E-state index contributed by atoms with van der Waals surface area (Å²) in [5.41, 5.74) is 0. The predicted molar refractivity (Wildman–Crippen MR) is 52.7 cm³/mol. The largest absolute Gasteiger partial charge is 0.381 e. The van der Waals surface area contributed by atoms with E-state index in [4.69, 9.17) is 4.74 Å². The van der Waals surface area contributed by atoms with Crippen molar-refractivity contribution in [1.82, 2.24) is 5.32 Å². The lowest BCUT2D eigenvalue weighted by Gasteiger charge is -2.29. The van der Waals surface area contributed by atoms with Crippen LogP contribution in [0.25, 0.3) is 0 Å². The minimum absolute atomic E-state index is 0.523. The van der Waals surface area contributed by atoms with Crippen LogP contribution in [0.2, 0.25) is 0 Å². The summed E-state index contributed by atoms with van der Waals surface area (Å²) in [5.74, 6) is 2.63. The molecule has 2 aliphatic rings. The molecule has 0 amide bonds. The summed E-state index contributed by atoms with van der Waals surface area (Å²) in [7, 11) is 1.83. The van der Waals surface area contributed by atoms with Crippen LogP contribution in [0.1, 0.15) is 19.3 Å². The molecule has 1 aliphatic carbocycles. The highest BCUT2D eigenvalue weighted by molar-refractivity contribution is 8.00. The topological polar surface area (TPSA) is 21.3 Å². The number of rotatable bonds is 3. The van der Waals surface area contributed by atoms with Gasteiger partial charge in [-0.2, -0.15) is 11.8 Å². The Bertz CT molecular complexity index is 149. The van der Waals surface area contributed by atoms with Crippen molar-refractivity contribution in [3.63, 3.8) is 0 Å². The zero-order valence-electron chi connectivity index (χ0n) is 7.58. The summed E-state index contributed by atoms with van der Waals surface area (Å²) in [4.78, 5) is 0. The van der Waals surface area contributed by atoms with Gasteiger partial charge in [0.2, 0.25) is 0 Å². The van der Waals surface area contributed by atoms with Crippen molar-refractivity contribution >= 4 is 11.8 Å². The quantitative estimate of drug-likeness (QED) is 0.718. The summed E-state index contributed by atoms with van der Waals surface area (Å²) in [5, 5.41) is 3.68. The summed E-state index contributed by atoms with van der Waals surface area (Å²) >= 11 is 2.04. The normalized spacial score (nSPS) is 36.8. The van der Waals surface area contributed by atoms with E-state index in [-0.39, 0.29) is 0 Å². The van der Waals surface area contributed by atoms with E-state index < -0.39 is 0 Å². The molecule has 0 aromatic heterocycles. The van der Waals surface area contributed by atoms with Gasteiger partial charge in [0.15, 0.2) is 0 Å². The maximum absolute atomic E-state index is 5.33. The van der Waals surface area contributed by atoms with Gasteiger partial charge in [-0.3, -0.25) is 0 Å². The van der Waals surface area contributed by atoms with Crippen molar-refractivity contribution < 1.29 is 4.74 Å². The van der Waals surface area contributed by atoms with Crippen molar-refractivity contribution in [2.45, 2.75) is 37.5 Å². The standard InChI is InChI=1S/C9H17NOS/c1-11-9-3-2-7(4-9)10-8-5-12-6-8/h7-10H,2-6H2,1H3. The first-order valence-corrected chi connectivity index (χ1v) is 5.90. The molecule has 1 N–H and O–H groups in total. The van der Waals surface area contributed by atoms with E-state index in [0.29, 0.717) is 6.10 Å². The van der Waals surface area contributed by atoms with Crippen LogP contribution in [0, 0.1) is 0 Å². The Morgan fingerprint density at radius 1 is 1.25 bits per heavy atom. The van der Waals surface area contributed by atoms with Crippen LogP contribution < -0.4 is 5.32 Å². The van der Waals surface area contributed by atoms with Crippen molar-refractivity contribution in [2.75, 3.05) is 18.6 Å². The third kappa shape index (κ3) is 1.95. The molecular formula is C9H17NOS. The van der Waals surface area contributed by atoms with E-state index in [0.717, 1.165) is 12.1 Å². The molecule has 1 saturated carbocycles. The molecule has 1 heterocycles. The van der Waals surface area contributed by atoms with Gasteiger partial charge in [-0.05, 0) is 19.3 Å². The lowest BCUT2D eigenvalue weighted by Crippen LogP contribution is -2.45. The lowest BCUT2D eigenvalue weighted by atomic mass is 10.2. The highest BCUT2D eigenvalue weighted by Gasteiger charge is 2.28. The van der Waals surface area contributed by atoms with Crippen molar-refractivity contribution in [2.24, 2.45) is 0 Å². The van der Waals surface area contributed by atoms with Gasteiger partial charge in [0.25, 0.3) is 0 Å². The van der Waals surface area contributed by atoms with E-state index in [1.165, 1.54) is 30.8 Å². The fourth-order valence-corrected chi connectivity index (χ4v) is 2.63. The molecule has 1 saturated heterocycles. The summed E-state index contributed by atoms with van der Waals surface area (Å²) in [6.45, 7) is 0. The second kappa shape index (κ2) is 3.99. The Labute approximate surface area is 78.4 Å². The molecule has 2 rings (SSSR count). The van der Waals surface area contributed by atoms with E-state index in [1.807, 2.05) is 18.9 Å². The fourth-order valence-electron chi connectivity index (χ4n) is 1.97. The van der Waals surface area contributed by atoms with E-state index in [9.17, 15) is 0 Å². The van der Waals surface area contributed by atoms with E-state index in [2.05, 4.69) is 5.32 Å². The van der Waals surface area contributed by atoms with Crippen LogP contribution in [0.3, 0.4) is 0 Å². The second-order valence-corrected chi connectivity index (χ2v) is 4.84. The molecule has 0 bridgehead atoms. The number of thioether (sulfide) groups is 1. The average molecular weight is 187 g/mol. The van der Waals surface area contributed by atoms with Crippen LogP contribution in [0.15, 0.2) is 0 Å². The lowest BCUT2D eigenvalue weighted by molar-refractivity contribution is 0.106. The number of hydrogen-bond donors (Lipinski definition) is 1. The van der Waals surface area contributed by atoms with Gasteiger partial charge >= 0.3 is 0 Å². The first-order chi connectivity index (χ1) is 5.88. The van der Waals surface area contributed by atoms with Crippen molar-refractivity contribution in [3.8, 4) is 0 Å². The number of ether oxygens (including phenoxy) is 1. The molecule has 0 aromatic rings. The Kier molecular flexibility index (Phi) is 2.94. The predicted octanol–water partition coefficient (Wildman–Crippen LogP) is 1.26. The third-order valence-corrected chi connectivity index (χ3v) is 4.10.